The summed E-state index contributed by atoms with van der Waals surface area (Å²) in [7, 11) is 0. The highest BCUT2D eigenvalue weighted by atomic mass is 16.5. The van der Waals surface area contributed by atoms with Crippen LogP contribution in [0.25, 0.3) is 0 Å². The molecule has 18 heavy (non-hydrogen) atoms. The summed E-state index contributed by atoms with van der Waals surface area (Å²) in [4.78, 5) is 17.6. The molecule has 0 aromatic heterocycles. The third-order valence-electron chi connectivity index (χ3n) is 2.78. The zero-order valence-corrected chi connectivity index (χ0v) is 11.3. The number of hydrogen-bond acceptors (Lipinski definition) is 3. The lowest BCUT2D eigenvalue weighted by atomic mass is 10.1. The molecule has 0 atom stereocenters. The number of guanidine groups is 1. The fourth-order valence-corrected chi connectivity index (χ4v) is 1.61. The normalized spacial score (nSPS) is 17.1. The molecule has 104 valence electrons. The Kier molecular flexibility index (Phi) is 6.49. The Labute approximate surface area is 109 Å². The molecule has 0 aromatic rings. The maximum atomic E-state index is 11.8. The first kappa shape index (κ1) is 14.8. The number of carbonyl (C=O) groups excluding carboxylic acids is 1. The molecule has 0 aromatic carbocycles. The van der Waals surface area contributed by atoms with Crippen molar-refractivity contribution in [3.63, 3.8) is 0 Å². The van der Waals surface area contributed by atoms with Crippen LogP contribution in [0, 0.1) is 5.92 Å². The van der Waals surface area contributed by atoms with Gasteiger partial charge in [0.2, 0.25) is 5.91 Å². The molecule has 0 bridgehead atoms. The van der Waals surface area contributed by atoms with Gasteiger partial charge in [-0.3, -0.25) is 4.79 Å². The second-order valence-corrected chi connectivity index (χ2v) is 4.80. The Morgan fingerprint density at radius 3 is 2.72 bits per heavy atom. The van der Waals surface area contributed by atoms with Crippen LogP contribution < -0.4 is 11.1 Å². The van der Waals surface area contributed by atoms with Crippen molar-refractivity contribution in [2.45, 2.75) is 20.3 Å². The Balaban J connectivity index is 2.22. The van der Waals surface area contributed by atoms with Crippen LogP contribution in [0.1, 0.15) is 20.3 Å². The van der Waals surface area contributed by atoms with Crippen LogP contribution in [-0.4, -0.2) is 56.2 Å². The molecule has 1 heterocycles. The van der Waals surface area contributed by atoms with Gasteiger partial charge in [-0.1, -0.05) is 13.8 Å². The number of hydrogen-bond donors (Lipinski definition) is 2. The van der Waals surface area contributed by atoms with Gasteiger partial charge in [0.25, 0.3) is 0 Å². The molecule has 1 amide bonds. The Bertz CT molecular complexity index is 286. The van der Waals surface area contributed by atoms with Gasteiger partial charge in [-0.15, -0.1) is 0 Å². The topological polar surface area (TPSA) is 79.9 Å². The molecular formula is C12H24N4O2. The largest absolute Gasteiger partial charge is 0.378 e. The third-order valence-corrected chi connectivity index (χ3v) is 2.78. The molecule has 0 aliphatic carbocycles. The molecule has 1 rings (SSSR count). The van der Waals surface area contributed by atoms with Crippen molar-refractivity contribution in [1.29, 1.82) is 0 Å². The van der Waals surface area contributed by atoms with Gasteiger partial charge in [-0.2, -0.15) is 0 Å². The smallest absolute Gasteiger partial charge is 0.244 e. The number of ether oxygens (including phenoxy) is 1. The van der Waals surface area contributed by atoms with Crippen molar-refractivity contribution >= 4 is 11.9 Å². The number of nitrogens with two attached hydrogens (primary N) is 1. The van der Waals surface area contributed by atoms with E-state index in [-0.39, 0.29) is 12.5 Å². The molecule has 1 aliphatic heterocycles. The van der Waals surface area contributed by atoms with Crippen LogP contribution >= 0.6 is 0 Å². The zero-order valence-electron chi connectivity index (χ0n) is 11.3. The van der Waals surface area contributed by atoms with Crippen molar-refractivity contribution in [2.75, 3.05) is 39.4 Å². The monoisotopic (exact) mass is 256 g/mol. The summed E-state index contributed by atoms with van der Waals surface area (Å²) in [5.41, 5.74) is 5.68. The van der Waals surface area contributed by atoms with Crippen LogP contribution in [0.15, 0.2) is 4.99 Å². The van der Waals surface area contributed by atoms with E-state index in [0.717, 1.165) is 13.0 Å². The van der Waals surface area contributed by atoms with E-state index in [9.17, 15) is 4.79 Å². The molecule has 0 spiro atoms. The number of nitrogens with one attached hydrogen (secondary N) is 1. The summed E-state index contributed by atoms with van der Waals surface area (Å²) in [6.07, 6.45) is 1.04. The highest BCUT2D eigenvalue weighted by Gasteiger charge is 2.15. The van der Waals surface area contributed by atoms with Gasteiger partial charge >= 0.3 is 0 Å². The van der Waals surface area contributed by atoms with Crippen molar-refractivity contribution in [3.8, 4) is 0 Å². The lowest BCUT2D eigenvalue weighted by Gasteiger charge is -2.26. The van der Waals surface area contributed by atoms with Gasteiger partial charge in [-0.05, 0) is 12.3 Å². The van der Waals surface area contributed by atoms with E-state index in [1.54, 1.807) is 4.90 Å². The summed E-state index contributed by atoms with van der Waals surface area (Å²) < 4.78 is 5.18. The highest BCUT2D eigenvalue weighted by molar-refractivity contribution is 5.84. The molecule has 3 N–H and O–H groups in total. The standard InChI is InChI=1S/C12H24N4O2/c1-10(2)3-4-14-12(13)15-9-11(17)16-5-7-18-8-6-16/h10H,3-9H2,1-2H3,(H3,13,14,15). The second-order valence-electron chi connectivity index (χ2n) is 4.80. The van der Waals surface area contributed by atoms with Crippen molar-refractivity contribution < 1.29 is 9.53 Å². The third kappa shape index (κ3) is 5.86. The maximum absolute atomic E-state index is 11.8. The summed E-state index contributed by atoms with van der Waals surface area (Å²) in [5, 5.41) is 3.00. The number of amides is 1. The fourth-order valence-electron chi connectivity index (χ4n) is 1.61. The molecule has 1 saturated heterocycles. The fraction of sp³-hybridized carbons (Fsp3) is 0.833. The second kappa shape index (κ2) is 7.92. The number of nitrogens with zero attached hydrogens (tertiary/aromatic N) is 2. The quantitative estimate of drug-likeness (QED) is 0.527. The van der Waals surface area contributed by atoms with Gasteiger partial charge in [-0.25, -0.2) is 4.99 Å². The van der Waals surface area contributed by atoms with Crippen LogP contribution in [0.5, 0.6) is 0 Å². The minimum absolute atomic E-state index is 0.00640. The SMILES string of the molecule is CC(C)CCNC(N)=NCC(=O)N1CCOCC1. The molecule has 0 saturated carbocycles. The van der Waals surface area contributed by atoms with Gasteiger partial charge in [0, 0.05) is 19.6 Å². The van der Waals surface area contributed by atoms with E-state index in [1.165, 1.54) is 0 Å². The summed E-state index contributed by atoms with van der Waals surface area (Å²) in [6.45, 7) is 7.71. The van der Waals surface area contributed by atoms with E-state index in [4.69, 9.17) is 10.5 Å². The van der Waals surface area contributed by atoms with Crippen molar-refractivity contribution in [1.82, 2.24) is 10.2 Å². The Hall–Kier alpha value is -1.30. The maximum Gasteiger partial charge on any atom is 0.244 e. The Morgan fingerprint density at radius 1 is 1.44 bits per heavy atom. The molecule has 6 nitrogen and oxygen atoms in total. The lowest BCUT2D eigenvalue weighted by molar-refractivity contribution is -0.133. The molecule has 1 fully saturated rings. The number of morpholine rings is 1. The predicted molar refractivity (Wildman–Crippen MR) is 71.3 cm³/mol. The van der Waals surface area contributed by atoms with Crippen LogP contribution in [0.3, 0.4) is 0 Å². The predicted octanol–water partition coefficient (Wildman–Crippen LogP) is -0.204. The van der Waals surface area contributed by atoms with E-state index in [0.29, 0.717) is 38.2 Å². The highest BCUT2D eigenvalue weighted by Crippen LogP contribution is 1.98. The number of rotatable bonds is 5. The first-order valence-corrected chi connectivity index (χ1v) is 6.49. The summed E-state index contributed by atoms with van der Waals surface area (Å²) in [6, 6.07) is 0. The van der Waals surface area contributed by atoms with E-state index >= 15 is 0 Å². The van der Waals surface area contributed by atoms with E-state index in [1.807, 2.05) is 0 Å². The van der Waals surface area contributed by atoms with Crippen molar-refractivity contribution in [2.24, 2.45) is 16.6 Å². The first-order valence-electron chi connectivity index (χ1n) is 6.49. The lowest BCUT2D eigenvalue weighted by Crippen LogP contribution is -2.42. The summed E-state index contributed by atoms with van der Waals surface area (Å²) in [5.74, 6) is 0.976. The van der Waals surface area contributed by atoms with E-state index < -0.39 is 0 Å². The first-order chi connectivity index (χ1) is 8.59. The molecule has 0 unspecified atom stereocenters. The molecule has 6 heteroatoms. The molecular weight excluding hydrogens is 232 g/mol. The van der Waals surface area contributed by atoms with Crippen molar-refractivity contribution in [3.05, 3.63) is 0 Å². The van der Waals surface area contributed by atoms with Gasteiger partial charge in [0.1, 0.15) is 6.54 Å². The minimum atomic E-state index is 0.00640. The molecule has 1 aliphatic rings. The van der Waals surface area contributed by atoms with Crippen LogP contribution in [0.2, 0.25) is 0 Å². The van der Waals surface area contributed by atoms with E-state index in [2.05, 4.69) is 24.2 Å². The van der Waals surface area contributed by atoms with Gasteiger partial charge in [0.05, 0.1) is 13.2 Å². The van der Waals surface area contributed by atoms with Crippen LogP contribution in [0.4, 0.5) is 0 Å². The number of carbonyl (C=O) groups is 1. The summed E-state index contributed by atoms with van der Waals surface area (Å²) >= 11 is 0. The molecule has 0 radical (unpaired) electrons. The van der Waals surface area contributed by atoms with Gasteiger partial charge in [0.15, 0.2) is 5.96 Å². The van der Waals surface area contributed by atoms with Crippen LogP contribution in [-0.2, 0) is 9.53 Å². The minimum Gasteiger partial charge on any atom is -0.378 e. The Morgan fingerprint density at radius 2 is 2.11 bits per heavy atom. The average Bonchev–Trinajstić information content (AvgIpc) is 2.36. The number of aliphatic imine (C=N–C) groups is 1. The van der Waals surface area contributed by atoms with Gasteiger partial charge < -0.3 is 20.7 Å². The zero-order chi connectivity index (χ0) is 13.4. The average molecular weight is 256 g/mol.